The Morgan fingerprint density at radius 2 is 1.70 bits per heavy atom. The van der Waals surface area contributed by atoms with Crippen LogP contribution in [-0.4, -0.2) is 32.1 Å². The third-order valence-corrected chi connectivity index (χ3v) is 11.0. The molecule has 244 valence electrons. The summed E-state index contributed by atoms with van der Waals surface area (Å²) in [6, 6.07) is 25.9. The van der Waals surface area contributed by atoms with E-state index in [4.69, 9.17) is 4.74 Å². The minimum absolute atomic E-state index is 0.0461. The largest absolute Gasteiger partial charge is 0.487 e. The molecule has 2 aromatic carbocycles. The molecule has 1 aliphatic heterocycles. The smallest absolute Gasteiger partial charge is 0.260 e. The zero-order chi connectivity index (χ0) is 32.2. The molecule has 1 N–H and O–H groups in total. The molecule has 6 heteroatoms. The fourth-order valence-corrected chi connectivity index (χ4v) is 8.47. The predicted molar refractivity (Wildman–Crippen MR) is 185 cm³/mol. The number of ketones is 1. The Morgan fingerprint density at radius 1 is 0.957 bits per heavy atom. The monoisotopic (exact) mass is 630 g/mol. The molecule has 2 aromatic heterocycles. The molecular formula is C41H46N2O4. The van der Waals surface area contributed by atoms with Crippen molar-refractivity contribution in [1.29, 1.82) is 0 Å². The van der Waals surface area contributed by atoms with E-state index in [9.17, 15) is 14.7 Å². The van der Waals surface area contributed by atoms with E-state index in [0.717, 1.165) is 62.7 Å². The first-order valence-corrected chi connectivity index (χ1v) is 17.7. The van der Waals surface area contributed by atoms with Crippen LogP contribution in [0, 0.1) is 5.92 Å². The molecule has 3 heterocycles. The molecule has 0 saturated heterocycles. The standard InChI is InChI=1S/C41H46N2O4/c44-37(20-19-30-27-41(21-9-10-22-41)47-39-18-7-6-16-34(30)39)31(24-29-12-2-1-3-13-29)26-38(45)32-25-35(36-17-8-11-23-42-36)40(46)43(28-32)33-14-4-5-15-33/h1-3,6-8,11-13,16-18,23,25,28,30-31,33,37,44H,4-5,9-10,14-15,19-22,24,26-27H2/t30-,31+,37+/m0/s1. The number of ether oxygens (including phenoxy) is 1. The van der Waals surface area contributed by atoms with Crippen molar-refractivity contribution in [2.24, 2.45) is 5.92 Å². The van der Waals surface area contributed by atoms with Crippen molar-refractivity contribution in [1.82, 2.24) is 9.55 Å². The van der Waals surface area contributed by atoms with E-state index < -0.39 is 6.10 Å². The van der Waals surface area contributed by atoms with Crippen LogP contribution >= 0.6 is 0 Å². The maximum atomic E-state index is 14.2. The Hall–Kier alpha value is -4.03. The molecule has 1 spiro atoms. The summed E-state index contributed by atoms with van der Waals surface area (Å²) >= 11 is 0. The quantitative estimate of drug-likeness (QED) is 0.168. The number of aliphatic hydroxyl groups is 1. The Bertz CT molecular complexity index is 1720. The number of carbonyl (C=O) groups is 1. The zero-order valence-electron chi connectivity index (χ0n) is 27.2. The van der Waals surface area contributed by atoms with Gasteiger partial charge in [0.2, 0.25) is 0 Å². The number of rotatable bonds is 11. The second kappa shape index (κ2) is 14.0. The van der Waals surface area contributed by atoms with E-state index in [-0.39, 0.29) is 35.3 Å². The average Bonchev–Trinajstić information content (AvgIpc) is 3.81. The Labute approximate surface area is 277 Å². The molecule has 47 heavy (non-hydrogen) atoms. The van der Waals surface area contributed by atoms with Crippen LogP contribution < -0.4 is 10.3 Å². The van der Waals surface area contributed by atoms with Crippen LogP contribution in [0.2, 0.25) is 0 Å². The summed E-state index contributed by atoms with van der Waals surface area (Å²) in [5.74, 6) is 1.01. The number of Topliss-reactive ketones (excluding diaryl/α,β-unsaturated/α-hetero) is 1. The van der Waals surface area contributed by atoms with Crippen molar-refractivity contribution in [3.63, 3.8) is 0 Å². The Kier molecular flexibility index (Phi) is 9.39. The van der Waals surface area contributed by atoms with Gasteiger partial charge in [-0.1, -0.05) is 67.4 Å². The van der Waals surface area contributed by atoms with E-state index >= 15 is 0 Å². The Balaban J connectivity index is 1.14. The van der Waals surface area contributed by atoms with E-state index in [0.29, 0.717) is 35.6 Å². The van der Waals surface area contributed by atoms with Crippen LogP contribution in [0.5, 0.6) is 5.75 Å². The first-order valence-electron chi connectivity index (χ1n) is 17.7. The van der Waals surface area contributed by atoms with Gasteiger partial charge in [0.1, 0.15) is 11.4 Å². The van der Waals surface area contributed by atoms with Crippen molar-refractivity contribution < 1.29 is 14.6 Å². The number of pyridine rings is 2. The zero-order valence-corrected chi connectivity index (χ0v) is 27.2. The lowest BCUT2D eigenvalue weighted by molar-refractivity contribution is 0.0344. The normalized spacial score (nSPS) is 20.1. The summed E-state index contributed by atoms with van der Waals surface area (Å²) in [5.41, 5.74) is 3.73. The summed E-state index contributed by atoms with van der Waals surface area (Å²) in [4.78, 5) is 32.3. The molecule has 3 atom stereocenters. The van der Waals surface area contributed by atoms with Gasteiger partial charge in [-0.2, -0.15) is 0 Å². The van der Waals surface area contributed by atoms with Gasteiger partial charge in [0.25, 0.3) is 5.56 Å². The van der Waals surface area contributed by atoms with Crippen LogP contribution in [0.25, 0.3) is 11.3 Å². The highest BCUT2D eigenvalue weighted by Gasteiger charge is 2.43. The number of benzene rings is 2. The molecule has 0 radical (unpaired) electrons. The minimum Gasteiger partial charge on any atom is -0.487 e. The summed E-state index contributed by atoms with van der Waals surface area (Å²) < 4.78 is 8.39. The lowest BCUT2D eigenvalue weighted by Crippen LogP contribution is -2.38. The number of hydrogen-bond donors (Lipinski definition) is 1. The molecule has 2 saturated carbocycles. The molecule has 2 aliphatic carbocycles. The van der Waals surface area contributed by atoms with Crippen LogP contribution in [0.3, 0.4) is 0 Å². The van der Waals surface area contributed by atoms with E-state index in [1.54, 1.807) is 23.0 Å². The van der Waals surface area contributed by atoms with Gasteiger partial charge in [-0.15, -0.1) is 0 Å². The first kappa shape index (κ1) is 31.6. The van der Waals surface area contributed by atoms with Gasteiger partial charge in [0.05, 0.1) is 17.4 Å². The molecule has 4 aromatic rings. The highest BCUT2D eigenvalue weighted by atomic mass is 16.5. The summed E-state index contributed by atoms with van der Waals surface area (Å²) in [6.45, 7) is 0. The SMILES string of the molecule is O=C(C[C@@H](Cc1ccccc1)[C@H](O)CC[C@H]1CC2(CCCC2)Oc2ccccc21)c1cc(-c2ccccn2)c(=O)n(C2CCCC2)c1. The van der Waals surface area contributed by atoms with Gasteiger partial charge in [-0.05, 0) is 111 Å². The maximum Gasteiger partial charge on any atom is 0.260 e. The number of nitrogens with zero attached hydrogens (tertiary/aromatic N) is 2. The highest BCUT2D eigenvalue weighted by molar-refractivity contribution is 5.97. The molecule has 0 unspecified atom stereocenters. The Morgan fingerprint density at radius 3 is 2.47 bits per heavy atom. The fraction of sp³-hybridized carbons (Fsp3) is 0.439. The predicted octanol–water partition coefficient (Wildman–Crippen LogP) is 8.48. The van der Waals surface area contributed by atoms with Gasteiger partial charge in [-0.3, -0.25) is 14.6 Å². The van der Waals surface area contributed by atoms with Crippen LogP contribution in [0.1, 0.15) is 110 Å². The van der Waals surface area contributed by atoms with Crippen molar-refractivity contribution in [2.75, 3.05) is 0 Å². The topological polar surface area (TPSA) is 81.4 Å². The van der Waals surface area contributed by atoms with Crippen LogP contribution in [-0.2, 0) is 6.42 Å². The van der Waals surface area contributed by atoms with E-state index in [2.05, 4.69) is 41.4 Å². The molecule has 0 amide bonds. The molecular weight excluding hydrogens is 584 g/mol. The second-order valence-corrected chi connectivity index (χ2v) is 14.2. The molecule has 6 nitrogen and oxygen atoms in total. The lowest BCUT2D eigenvalue weighted by Gasteiger charge is -2.40. The minimum atomic E-state index is -0.648. The molecule has 0 bridgehead atoms. The number of hydrogen-bond acceptors (Lipinski definition) is 5. The van der Waals surface area contributed by atoms with E-state index in [1.165, 1.54) is 18.4 Å². The first-order chi connectivity index (χ1) is 23.0. The van der Waals surface area contributed by atoms with Crippen LogP contribution in [0.15, 0.2) is 96.1 Å². The number of carbonyl (C=O) groups excluding carboxylic acids is 1. The number of aliphatic hydroxyl groups excluding tert-OH is 1. The fourth-order valence-electron chi connectivity index (χ4n) is 8.47. The van der Waals surface area contributed by atoms with E-state index in [1.807, 2.05) is 36.4 Å². The third-order valence-electron chi connectivity index (χ3n) is 11.0. The van der Waals surface area contributed by atoms with Gasteiger partial charge in [0, 0.05) is 30.4 Å². The van der Waals surface area contributed by atoms with Crippen LogP contribution in [0.4, 0.5) is 0 Å². The summed E-state index contributed by atoms with van der Waals surface area (Å²) in [6.07, 6.45) is 14.7. The van der Waals surface area contributed by atoms with Crippen molar-refractivity contribution in [3.8, 4) is 17.0 Å². The number of fused-ring (bicyclic) bond motifs is 1. The maximum absolute atomic E-state index is 14.2. The molecule has 3 aliphatic rings. The molecule has 2 fully saturated rings. The van der Waals surface area contributed by atoms with Crippen molar-refractivity contribution in [3.05, 3.63) is 118 Å². The van der Waals surface area contributed by atoms with Gasteiger partial charge in [0.15, 0.2) is 5.78 Å². The molecule has 7 rings (SSSR count). The third kappa shape index (κ3) is 6.99. The van der Waals surface area contributed by atoms with Gasteiger partial charge < -0.3 is 14.4 Å². The average molecular weight is 631 g/mol. The lowest BCUT2D eigenvalue weighted by atomic mass is 9.77. The number of aromatic nitrogens is 2. The van der Waals surface area contributed by atoms with Gasteiger partial charge >= 0.3 is 0 Å². The van der Waals surface area contributed by atoms with Crippen molar-refractivity contribution >= 4 is 5.78 Å². The van der Waals surface area contributed by atoms with Crippen molar-refractivity contribution in [2.45, 2.75) is 107 Å². The summed E-state index contributed by atoms with van der Waals surface area (Å²) in [7, 11) is 0. The summed E-state index contributed by atoms with van der Waals surface area (Å²) in [5, 5.41) is 11.9. The highest BCUT2D eigenvalue weighted by Crippen LogP contribution is 2.49. The second-order valence-electron chi connectivity index (χ2n) is 14.2. The number of para-hydroxylation sites is 1. The van der Waals surface area contributed by atoms with Gasteiger partial charge in [-0.25, -0.2) is 0 Å².